The van der Waals surface area contributed by atoms with Crippen LogP contribution < -0.4 is 0 Å². The van der Waals surface area contributed by atoms with E-state index in [1.165, 1.54) is 0 Å². The molecule has 23 heavy (non-hydrogen) atoms. The van der Waals surface area contributed by atoms with Gasteiger partial charge in [-0.05, 0) is 31.2 Å². The first-order valence-electron chi connectivity index (χ1n) is 7.88. The molecule has 0 radical (unpaired) electrons. The van der Waals surface area contributed by atoms with E-state index in [0.29, 0.717) is 29.9 Å². The number of aryl methyl sites for hydroxylation is 1. The molecule has 1 aromatic heterocycles. The molecule has 2 fully saturated rings. The summed E-state index contributed by atoms with van der Waals surface area (Å²) in [4.78, 5) is 2.69. The van der Waals surface area contributed by atoms with Crippen LogP contribution >= 0.6 is 0 Å². The van der Waals surface area contributed by atoms with Crippen molar-refractivity contribution in [1.29, 1.82) is 0 Å². The second kappa shape index (κ2) is 5.47. The van der Waals surface area contributed by atoms with Gasteiger partial charge < -0.3 is 4.42 Å². The number of rotatable bonds is 4. The van der Waals surface area contributed by atoms with Crippen LogP contribution in [0.15, 0.2) is 51.8 Å². The molecule has 1 aromatic carbocycles. The van der Waals surface area contributed by atoms with Crippen LogP contribution in [0.1, 0.15) is 11.5 Å². The van der Waals surface area contributed by atoms with Crippen molar-refractivity contribution in [2.24, 2.45) is 5.92 Å². The highest BCUT2D eigenvalue weighted by Gasteiger charge is 2.48. The molecule has 5 nitrogen and oxygen atoms in total. The molecule has 0 amide bonds. The zero-order valence-corrected chi connectivity index (χ0v) is 13.9. The average molecular weight is 332 g/mol. The van der Waals surface area contributed by atoms with Gasteiger partial charge >= 0.3 is 0 Å². The minimum Gasteiger partial charge on any atom is -0.465 e. The monoisotopic (exact) mass is 332 g/mol. The number of sulfonamides is 1. The normalized spacial score (nSPS) is 25.3. The number of hydrogen-bond acceptors (Lipinski definition) is 4. The second-order valence-electron chi connectivity index (χ2n) is 6.40. The molecule has 0 saturated carbocycles. The Balaban J connectivity index is 1.46. The van der Waals surface area contributed by atoms with Gasteiger partial charge in [-0.25, -0.2) is 8.42 Å². The van der Waals surface area contributed by atoms with Gasteiger partial charge in [0.15, 0.2) is 0 Å². The average Bonchev–Trinajstić information content (AvgIpc) is 3.09. The SMILES string of the molecule is Cc1ccc(CN2CC3CN(S(=O)(=O)c4ccccc4)CC32)o1. The number of benzene rings is 1. The van der Waals surface area contributed by atoms with Gasteiger partial charge in [0.1, 0.15) is 11.5 Å². The second-order valence-corrected chi connectivity index (χ2v) is 8.34. The summed E-state index contributed by atoms with van der Waals surface area (Å²) in [5, 5.41) is 0. The molecule has 0 bridgehead atoms. The summed E-state index contributed by atoms with van der Waals surface area (Å²) in [6.07, 6.45) is 0. The molecule has 3 heterocycles. The van der Waals surface area contributed by atoms with E-state index in [2.05, 4.69) is 4.90 Å². The van der Waals surface area contributed by atoms with Gasteiger partial charge in [-0.1, -0.05) is 18.2 Å². The van der Waals surface area contributed by atoms with E-state index in [0.717, 1.165) is 24.6 Å². The Labute approximate surface area is 136 Å². The first-order chi connectivity index (χ1) is 11.0. The minimum absolute atomic E-state index is 0.305. The van der Waals surface area contributed by atoms with Crippen LogP contribution in [-0.2, 0) is 16.6 Å². The van der Waals surface area contributed by atoms with Crippen molar-refractivity contribution in [2.75, 3.05) is 19.6 Å². The van der Waals surface area contributed by atoms with Gasteiger partial charge in [-0.3, -0.25) is 4.90 Å². The highest BCUT2D eigenvalue weighted by molar-refractivity contribution is 7.89. The molecular formula is C17H20N2O3S. The summed E-state index contributed by atoms with van der Waals surface area (Å²) < 4.78 is 32.7. The maximum atomic E-state index is 12.7. The Morgan fingerprint density at radius 3 is 2.57 bits per heavy atom. The molecule has 6 heteroatoms. The third-order valence-electron chi connectivity index (χ3n) is 4.85. The molecule has 122 valence electrons. The maximum Gasteiger partial charge on any atom is 0.243 e. The van der Waals surface area contributed by atoms with E-state index < -0.39 is 10.0 Å². The van der Waals surface area contributed by atoms with Crippen LogP contribution in [0.25, 0.3) is 0 Å². The van der Waals surface area contributed by atoms with E-state index in [9.17, 15) is 8.42 Å². The number of nitrogens with zero attached hydrogens (tertiary/aromatic N) is 2. The molecule has 4 rings (SSSR count). The Kier molecular flexibility index (Phi) is 3.55. The lowest BCUT2D eigenvalue weighted by Gasteiger charge is -2.43. The largest absolute Gasteiger partial charge is 0.465 e. The number of hydrogen-bond donors (Lipinski definition) is 0. The quantitative estimate of drug-likeness (QED) is 0.860. The van der Waals surface area contributed by atoms with Crippen molar-refractivity contribution in [3.63, 3.8) is 0 Å². The van der Waals surface area contributed by atoms with Crippen LogP contribution in [-0.4, -0.2) is 43.3 Å². The Bertz CT molecular complexity index is 800. The van der Waals surface area contributed by atoms with Crippen molar-refractivity contribution < 1.29 is 12.8 Å². The van der Waals surface area contributed by atoms with Crippen molar-refractivity contribution in [1.82, 2.24) is 9.21 Å². The van der Waals surface area contributed by atoms with Crippen LogP contribution in [0, 0.1) is 12.8 Å². The van der Waals surface area contributed by atoms with Gasteiger partial charge in [0.25, 0.3) is 0 Å². The van der Waals surface area contributed by atoms with E-state index in [1.807, 2.05) is 25.1 Å². The molecule has 2 atom stereocenters. The Morgan fingerprint density at radius 2 is 1.87 bits per heavy atom. The summed E-state index contributed by atoms with van der Waals surface area (Å²) in [6, 6.07) is 13.0. The number of fused-ring (bicyclic) bond motifs is 1. The smallest absolute Gasteiger partial charge is 0.243 e. The topological polar surface area (TPSA) is 53.8 Å². The van der Waals surface area contributed by atoms with E-state index in [1.54, 1.807) is 28.6 Å². The Morgan fingerprint density at radius 1 is 1.09 bits per heavy atom. The standard InChI is InChI=1S/C17H20N2O3S/c1-13-7-8-15(22-13)11-18-9-14-10-19(12-17(14)18)23(20,21)16-5-3-2-4-6-16/h2-8,14,17H,9-12H2,1H3. The minimum atomic E-state index is -3.37. The van der Waals surface area contributed by atoms with Gasteiger partial charge in [0.05, 0.1) is 11.4 Å². The zero-order valence-electron chi connectivity index (χ0n) is 13.1. The first kappa shape index (κ1) is 14.9. The molecule has 0 spiro atoms. The predicted octanol–water partition coefficient (Wildman–Crippen LogP) is 2.09. The fourth-order valence-corrected chi connectivity index (χ4v) is 5.13. The van der Waals surface area contributed by atoms with Gasteiger partial charge in [-0.2, -0.15) is 4.31 Å². The highest BCUT2D eigenvalue weighted by atomic mass is 32.2. The zero-order chi connectivity index (χ0) is 16.0. The lowest BCUT2D eigenvalue weighted by molar-refractivity contribution is 0.0369. The van der Waals surface area contributed by atoms with Crippen molar-refractivity contribution in [3.05, 3.63) is 54.0 Å². The van der Waals surface area contributed by atoms with E-state index in [4.69, 9.17) is 4.42 Å². The summed E-state index contributed by atoms with van der Waals surface area (Å²) in [6.45, 7) is 4.82. The van der Waals surface area contributed by atoms with Crippen LogP contribution in [0.5, 0.6) is 0 Å². The predicted molar refractivity (Wildman–Crippen MR) is 86.3 cm³/mol. The molecule has 2 unspecified atom stereocenters. The molecule has 2 saturated heterocycles. The molecular weight excluding hydrogens is 312 g/mol. The van der Waals surface area contributed by atoms with Crippen molar-refractivity contribution >= 4 is 10.0 Å². The molecule has 2 aliphatic heterocycles. The molecule has 0 N–H and O–H groups in total. The van der Waals surface area contributed by atoms with Gasteiger partial charge in [-0.15, -0.1) is 0 Å². The van der Waals surface area contributed by atoms with E-state index >= 15 is 0 Å². The van der Waals surface area contributed by atoms with Crippen LogP contribution in [0.2, 0.25) is 0 Å². The van der Waals surface area contributed by atoms with Gasteiger partial charge in [0.2, 0.25) is 10.0 Å². The highest BCUT2D eigenvalue weighted by Crippen LogP contribution is 2.36. The summed E-state index contributed by atoms with van der Waals surface area (Å²) in [5.41, 5.74) is 0. The van der Waals surface area contributed by atoms with Crippen LogP contribution in [0.4, 0.5) is 0 Å². The van der Waals surface area contributed by atoms with Crippen molar-refractivity contribution in [3.8, 4) is 0 Å². The van der Waals surface area contributed by atoms with E-state index in [-0.39, 0.29) is 0 Å². The third-order valence-corrected chi connectivity index (χ3v) is 6.69. The third kappa shape index (κ3) is 2.60. The number of furan rings is 1. The van der Waals surface area contributed by atoms with Gasteiger partial charge in [0, 0.05) is 31.6 Å². The van der Waals surface area contributed by atoms with Crippen molar-refractivity contribution in [2.45, 2.75) is 24.4 Å². The maximum absolute atomic E-state index is 12.7. The lowest BCUT2D eigenvalue weighted by atomic mass is 9.92. The summed E-state index contributed by atoms with van der Waals surface area (Å²) in [5.74, 6) is 2.30. The Hall–Kier alpha value is -1.63. The lowest BCUT2D eigenvalue weighted by Crippen LogP contribution is -2.54. The molecule has 2 aliphatic rings. The molecule has 0 aliphatic carbocycles. The first-order valence-corrected chi connectivity index (χ1v) is 9.32. The summed E-state index contributed by atoms with van der Waals surface area (Å²) >= 11 is 0. The fourth-order valence-electron chi connectivity index (χ4n) is 3.60. The fraction of sp³-hybridized carbons (Fsp3) is 0.412. The number of likely N-dealkylation sites (tertiary alicyclic amines) is 1. The van der Waals surface area contributed by atoms with Crippen LogP contribution in [0.3, 0.4) is 0 Å². The molecule has 2 aromatic rings. The summed E-state index contributed by atoms with van der Waals surface area (Å²) in [7, 11) is -3.37.